The number of hydrogen-bond donors (Lipinski definition) is 2. The topological polar surface area (TPSA) is 167 Å². The number of aryl methyl sites for hydroxylation is 1. The van der Waals surface area contributed by atoms with Gasteiger partial charge in [0.1, 0.15) is 17.9 Å². The number of amides is 3. The highest BCUT2D eigenvalue weighted by Crippen LogP contribution is 2.44. The summed E-state index contributed by atoms with van der Waals surface area (Å²) in [7, 11) is 3.36. The Hall–Kier alpha value is -6.07. The highest BCUT2D eigenvalue weighted by Gasteiger charge is 2.39. The van der Waals surface area contributed by atoms with Gasteiger partial charge in [-0.25, -0.2) is 4.79 Å². The van der Waals surface area contributed by atoms with E-state index in [4.69, 9.17) is 9.72 Å². The summed E-state index contributed by atoms with van der Waals surface area (Å²) in [6, 6.07) is 16.8. The van der Waals surface area contributed by atoms with Gasteiger partial charge < -0.3 is 19.9 Å². The van der Waals surface area contributed by atoms with E-state index >= 15 is 0 Å². The Morgan fingerprint density at radius 1 is 0.967 bits per heavy atom. The summed E-state index contributed by atoms with van der Waals surface area (Å²) in [5.41, 5.74) is 5.83. The first-order valence-electron chi connectivity index (χ1n) is 21.3. The second kappa shape index (κ2) is 16.2. The summed E-state index contributed by atoms with van der Waals surface area (Å²) in [6.07, 6.45) is 12.7. The molecule has 1 spiro atoms. The van der Waals surface area contributed by atoms with Crippen LogP contribution in [0.25, 0.3) is 21.9 Å². The number of nitriles is 1. The summed E-state index contributed by atoms with van der Waals surface area (Å²) in [4.78, 5) is 65.2. The van der Waals surface area contributed by atoms with Crippen molar-refractivity contribution in [1.29, 1.82) is 5.26 Å². The molecule has 0 bridgehead atoms. The van der Waals surface area contributed by atoms with Gasteiger partial charge in [0.15, 0.2) is 0 Å². The van der Waals surface area contributed by atoms with Crippen LogP contribution in [-0.4, -0.2) is 81.6 Å². The van der Waals surface area contributed by atoms with E-state index in [-0.39, 0.29) is 23.9 Å². The number of piperidine rings is 3. The van der Waals surface area contributed by atoms with Gasteiger partial charge in [-0.2, -0.15) is 5.26 Å². The highest BCUT2D eigenvalue weighted by molar-refractivity contribution is 6.06. The molecule has 1 saturated carbocycles. The Morgan fingerprint density at radius 2 is 1.73 bits per heavy atom. The quantitative estimate of drug-likeness (QED) is 0.176. The molecule has 9 rings (SSSR count). The molecule has 4 aliphatic rings. The van der Waals surface area contributed by atoms with E-state index in [1.807, 2.05) is 30.3 Å². The van der Waals surface area contributed by atoms with E-state index in [0.29, 0.717) is 46.2 Å². The second-order valence-electron chi connectivity index (χ2n) is 17.3. The number of rotatable bonds is 8. The van der Waals surface area contributed by atoms with Crippen LogP contribution in [0.3, 0.4) is 0 Å². The molecule has 60 heavy (non-hydrogen) atoms. The van der Waals surface area contributed by atoms with Crippen LogP contribution in [0.2, 0.25) is 0 Å². The third-order valence-corrected chi connectivity index (χ3v) is 13.9. The molecular formula is C46H51N9O5. The van der Waals surface area contributed by atoms with Crippen molar-refractivity contribution in [2.45, 2.75) is 76.2 Å². The Kier molecular flexibility index (Phi) is 10.6. The minimum absolute atomic E-state index is 0.225. The molecule has 310 valence electrons. The number of pyridine rings is 2. The number of nitrogens with zero attached hydrogens (tertiary/aromatic N) is 7. The SMILES string of the molecule is COc1cc2nc(C3CCC(CN4CCC5(CC4)CCN(c4cccc6c4n(C)c(=O)n6C4CCC(=O)NC4=O)CC5)CC3)ccc2cc1NC(=O)c1cncc(C#N)c1. The molecule has 1 aliphatic carbocycles. The first kappa shape index (κ1) is 39.4. The zero-order valence-electron chi connectivity index (χ0n) is 34.3. The fraction of sp³-hybridized carbons (Fsp3) is 0.457. The largest absolute Gasteiger partial charge is 0.494 e. The van der Waals surface area contributed by atoms with Gasteiger partial charge in [0, 0.05) is 68.6 Å². The summed E-state index contributed by atoms with van der Waals surface area (Å²) in [5.74, 6) is 0.553. The van der Waals surface area contributed by atoms with Crippen molar-refractivity contribution in [3.05, 3.63) is 88.2 Å². The summed E-state index contributed by atoms with van der Waals surface area (Å²) >= 11 is 0. The third kappa shape index (κ3) is 7.51. The zero-order valence-corrected chi connectivity index (χ0v) is 34.3. The maximum atomic E-state index is 13.5. The second-order valence-corrected chi connectivity index (χ2v) is 17.3. The molecule has 3 aromatic heterocycles. The van der Waals surface area contributed by atoms with Crippen molar-refractivity contribution >= 4 is 51.0 Å². The Labute approximate surface area is 348 Å². The average molecular weight is 810 g/mol. The highest BCUT2D eigenvalue weighted by atomic mass is 16.5. The molecule has 1 unspecified atom stereocenters. The predicted octanol–water partition coefficient (Wildman–Crippen LogP) is 6.05. The van der Waals surface area contributed by atoms with E-state index in [1.54, 1.807) is 23.3 Å². The van der Waals surface area contributed by atoms with Gasteiger partial charge in [0.05, 0.1) is 46.2 Å². The minimum Gasteiger partial charge on any atom is -0.494 e. The van der Waals surface area contributed by atoms with Crippen LogP contribution in [0.4, 0.5) is 11.4 Å². The molecular weight excluding hydrogens is 759 g/mol. The van der Waals surface area contributed by atoms with Crippen LogP contribution in [0, 0.1) is 22.7 Å². The van der Waals surface area contributed by atoms with E-state index in [0.717, 1.165) is 91.7 Å². The molecule has 3 saturated heterocycles. The third-order valence-electron chi connectivity index (χ3n) is 13.9. The number of fused-ring (bicyclic) bond motifs is 2. The number of methoxy groups -OCH3 is 1. The summed E-state index contributed by atoms with van der Waals surface area (Å²) in [6.45, 7) is 5.30. The van der Waals surface area contributed by atoms with E-state index in [9.17, 15) is 24.4 Å². The smallest absolute Gasteiger partial charge is 0.329 e. The number of carbonyl (C=O) groups excluding carboxylic acids is 3. The van der Waals surface area contributed by atoms with Crippen molar-refractivity contribution in [3.63, 3.8) is 0 Å². The molecule has 14 heteroatoms. The van der Waals surface area contributed by atoms with Crippen LogP contribution in [0.15, 0.2) is 65.7 Å². The van der Waals surface area contributed by atoms with Gasteiger partial charge in [-0.1, -0.05) is 12.1 Å². The molecule has 14 nitrogen and oxygen atoms in total. The maximum Gasteiger partial charge on any atom is 0.329 e. The average Bonchev–Trinajstić information content (AvgIpc) is 3.53. The lowest BCUT2D eigenvalue weighted by atomic mass is 9.71. The number of ether oxygens (including phenoxy) is 1. The molecule has 1 atom stereocenters. The monoisotopic (exact) mass is 809 g/mol. The summed E-state index contributed by atoms with van der Waals surface area (Å²) in [5, 5.41) is 15.4. The maximum absolute atomic E-state index is 13.5. The standard InChI is InChI=1S/C46H51N9O5/c1-52-42-37(4-3-5-38(42)55(45(52)59)39-12-13-41(56)51-44(39)58)54-20-16-46(17-21-54)14-18-53(19-15-46)28-29-6-8-31(9-7-29)34-11-10-32-23-36(40(60-2)24-35(32)49-34)50-43(57)33-22-30(25-47)26-48-27-33/h3-5,10-11,22-24,26-27,29,31,39H,6-9,12-21,28H2,1-2H3,(H,50,57)(H,51,56,58). The van der Waals surface area contributed by atoms with E-state index in [1.165, 1.54) is 44.1 Å². The van der Waals surface area contributed by atoms with E-state index in [2.05, 4.69) is 43.6 Å². The van der Waals surface area contributed by atoms with Crippen LogP contribution in [-0.2, 0) is 16.6 Å². The lowest BCUT2D eigenvalue weighted by Crippen LogP contribution is -2.48. The number of imide groups is 1. The van der Waals surface area contributed by atoms with Gasteiger partial charge in [0.2, 0.25) is 11.8 Å². The fourth-order valence-corrected chi connectivity index (χ4v) is 10.3. The Morgan fingerprint density at radius 3 is 2.47 bits per heavy atom. The van der Waals surface area contributed by atoms with Gasteiger partial charge in [0.25, 0.3) is 5.91 Å². The van der Waals surface area contributed by atoms with E-state index < -0.39 is 11.9 Å². The van der Waals surface area contributed by atoms with Crippen LogP contribution < -0.4 is 26.0 Å². The van der Waals surface area contributed by atoms with Crippen molar-refractivity contribution in [2.24, 2.45) is 18.4 Å². The van der Waals surface area contributed by atoms with Gasteiger partial charge >= 0.3 is 5.69 Å². The first-order chi connectivity index (χ1) is 29.1. The van der Waals surface area contributed by atoms with Crippen LogP contribution >= 0.6 is 0 Å². The zero-order chi connectivity index (χ0) is 41.5. The molecule has 2 N–H and O–H groups in total. The Bertz CT molecular complexity index is 2580. The number of likely N-dealkylation sites (tertiary alicyclic amines) is 1. The predicted molar refractivity (Wildman–Crippen MR) is 228 cm³/mol. The number of anilines is 2. The molecule has 6 heterocycles. The Balaban J connectivity index is 0.774. The molecule has 2 aromatic carbocycles. The van der Waals surface area contributed by atoms with Gasteiger partial charge in [-0.15, -0.1) is 0 Å². The summed E-state index contributed by atoms with van der Waals surface area (Å²) < 4.78 is 8.90. The number of benzene rings is 2. The van der Waals surface area contributed by atoms with Crippen molar-refractivity contribution in [1.82, 2.24) is 29.3 Å². The number of carbonyl (C=O) groups is 3. The number of hydrogen-bond acceptors (Lipinski definition) is 10. The molecule has 0 radical (unpaired) electrons. The van der Waals surface area contributed by atoms with Gasteiger partial charge in [-0.05, 0) is 113 Å². The normalized spacial score (nSPS) is 22.1. The number of aromatic nitrogens is 4. The molecule has 4 fully saturated rings. The molecule has 3 amide bonds. The van der Waals surface area contributed by atoms with Crippen molar-refractivity contribution in [2.75, 3.05) is 50.1 Å². The van der Waals surface area contributed by atoms with Crippen LogP contribution in [0.5, 0.6) is 5.75 Å². The molecule has 3 aliphatic heterocycles. The minimum atomic E-state index is -0.689. The van der Waals surface area contributed by atoms with Gasteiger partial charge in [-0.3, -0.25) is 38.8 Å². The number of nitrogens with one attached hydrogen (secondary N) is 2. The first-order valence-corrected chi connectivity index (χ1v) is 21.3. The fourth-order valence-electron chi connectivity index (χ4n) is 10.3. The van der Waals surface area contributed by atoms with Crippen molar-refractivity contribution < 1.29 is 19.1 Å². The number of imidazole rings is 1. The lowest BCUT2D eigenvalue weighted by molar-refractivity contribution is -0.135. The number of para-hydroxylation sites is 1. The van der Waals surface area contributed by atoms with Crippen LogP contribution in [0.1, 0.15) is 97.8 Å². The van der Waals surface area contributed by atoms with Crippen molar-refractivity contribution in [3.8, 4) is 11.8 Å². The lowest BCUT2D eigenvalue weighted by Gasteiger charge is -2.48. The molecule has 5 aromatic rings.